The highest BCUT2D eigenvalue weighted by molar-refractivity contribution is 5.81. The highest BCUT2D eigenvalue weighted by Crippen LogP contribution is 2.27. The van der Waals surface area contributed by atoms with E-state index in [4.69, 9.17) is 9.47 Å². The number of methoxy groups -OCH3 is 2. The molecule has 1 aliphatic heterocycles. The van der Waals surface area contributed by atoms with E-state index in [1.807, 2.05) is 54.3 Å². The van der Waals surface area contributed by atoms with E-state index in [2.05, 4.69) is 5.32 Å². The summed E-state index contributed by atoms with van der Waals surface area (Å²) >= 11 is 0. The molecule has 0 bridgehead atoms. The van der Waals surface area contributed by atoms with Crippen LogP contribution in [0.4, 0.5) is 5.69 Å². The van der Waals surface area contributed by atoms with E-state index in [-0.39, 0.29) is 24.2 Å². The maximum Gasteiger partial charge on any atom is 0.329 e. The number of likely N-dealkylation sites (tertiary alicyclic amines) is 1. The normalized spacial score (nSPS) is 16.2. The number of nitrogens with one attached hydrogen (secondary N) is 1. The van der Waals surface area contributed by atoms with Gasteiger partial charge in [0.25, 0.3) is 0 Å². The van der Waals surface area contributed by atoms with E-state index in [0.717, 1.165) is 29.6 Å². The molecule has 0 unspecified atom stereocenters. The van der Waals surface area contributed by atoms with Crippen molar-refractivity contribution in [2.75, 3.05) is 32.6 Å². The van der Waals surface area contributed by atoms with E-state index < -0.39 is 0 Å². The third kappa shape index (κ3) is 4.30. The molecule has 1 aromatic heterocycles. The first kappa shape index (κ1) is 21.8. The van der Waals surface area contributed by atoms with Crippen LogP contribution in [0.2, 0.25) is 0 Å². The highest BCUT2D eigenvalue weighted by Gasteiger charge is 2.25. The number of para-hydroxylation sites is 2. The van der Waals surface area contributed by atoms with Gasteiger partial charge < -0.3 is 19.7 Å². The van der Waals surface area contributed by atoms with Crippen LogP contribution in [0, 0.1) is 0 Å². The first-order valence-electron chi connectivity index (χ1n) is 11.0. The molecular weight excluding hydrogens is 408 g/mol. The van der Waals surface area contributed by atoms with Gasteiger partial charge in [-0.1, -0.05) is 12.1 Å². The molecule has 170 valence electrons. The number of anilines is 1. The lowest BCUT2D eigenvalue weighted by molar-refractivity contribution is -0.132. The summed E-state index contributed by atoms with van der Waals surface area (Å²) in [5.74, 6) is 1.38. The Morgan fingerprint density at radius 2 is 1.72 bits per heavy atom. The molecule has 1 amide bonds. The van der Waals surface area contributed by atoms with Gasteiger partial charge in [-0.2, -0.15) is 0 Å². The van der Waals surface area contributed by atoms with Gasteiger partial charge >= 0.3 is 5.69 Å². The maximum atomic E-state index is 13.1. The molecule has 8 heteroatoms. The lowest BCUT2D eigenvalue weighted by atomic mass is 10.0. The van der Waals surface area contributed by atoms with E-state index in [9.17, 15) is 9.59 Å². The van der Waals surface area contributed by atoms with Crippen LogP contribution in [-0.4, -0.2) is 53.3 Å². The summed E-state index contributed by atoms with van der Waals surface area (Å²) in [5, 5.41) is 3.51. The Hall–Kier alpha value is -3.42. The summed E-state index contributed by atoms with van der Waals surface area (Å²) in [6.45, 7) is 3.83. The molecule has 1 aliphatic rings. The van der Waals surface area contributed by atoms with Crippen molar-refractivity contribution >= 4 is 22.6 Å². The molecule has 2 heterocycles. The number of benzene rings is 2. The van der Waals surface area contributed by atoms with Gasteiger partial charge in [0.15, 0.2) is 0 Å². The van der Waals surface area contributed by atoms with Crippen molar-refractivity contribution in [1.82, 2.24) is 14.0 Å². The zero-order valence-corrected chi connectivity index (χ0v) is 18.8. The average molecular weight is 439 g/mol. The fourth-order valence-electron chi connectivity index (χ4n) is 4.41. The molecule has 8 nitrogen and oxygen atoms in total. The molecular formula is C24H30N4O4. The average Bonchev–Trinajstić information content (AvgIpc) is 3.09. The summed E-state index contributed by atoms with van der Waals surface area (Å²) in [6, 6.07) is 13.4. The number of aryl methyl sites for hydroxylation is 1. The van der Waals surface area contributed by atoms with Crippen molar-refractivity contribution in [2.45, 2.75) is 38.9 Å². The van der Waals surface area contributed by atoms with Crippen LogP contribution in [0.25, 0.3) is 11.0 Å². The second-order valence-corrected chi connectivity index (χ2v) is 8.03. The number of rotatable bonds is 7. The number of carbonyl (C=O) groups is 1. The molecule has 0 spiro atoms. The predicted octanol–water partition coefficient (Wildman–Crippen LogP) is 2.94. The molecule has 1 atom stereocenters. The van der Waals surface area contributed by atoms with Crippen LogP contribution in [0.3, 0.4) is 0 Å². The van der Waals surface area contributed by atoms with Gasteiger partial charge in [0, 0.05) is 49.6 Å². The summed E-state index contributed by atoms with van der Waals surface area (Å²) in [5.41, 5.74) is 2.40. The lowest BCUT2D eigenvalue weighted by Gasteiger charge is -2.34. The monoisotopic (exact) mass is 438 g/mol. The van der Waals surface area contributed by atoms with Gasteiger partial charge in [-0.25, -0.2) is 4.79 Å². The first-order valence-corrected chi connectivity index (χ1v) is 11.0. The van der Waals surface area contributed by atoms with E-state index in [1.165, 1.54) is 0 Å². The minimum absolute atomic E-state index is 0.0409. The minimum Gasteiger partial charge on any atom is -0.497 e. The van der Waals surface area contributed by atoms with Crippen molar-refractivity contribution in [2.24, 2.45) is 0 Å². The topological polar surface area (TPSA) is 77.7 Å². The number of amides is 1. The number of imidazole rings is 1. The Morgan fingerprint density at radius 3 is 2.34 bits per heavy atom. The second-order valence-electron chi connectivity index (χ2n) is 8.03. The third-order valence-electron chi connectivity index (χ3n) is 6.03. The van der Waals surface area contributed by atoms with Gasteiger partial charge in [-0.3, -0.25) is 13.9 Å². The fraction of sp³-hybridized carbons (Fsp3) is 0.417. The number of ether oxygens (including phenoxy) is 2. The SMILES string of the molecule is CCn1c(=O)n(CC(=O)N2CCC[C@@H](Nc3cc(OC)cc(OC)c3)C2)c2ccccc21. The van der Waals surface area contributed by atoms with E-state index >= 15 is 0 Å². The fourth-order valence-corrected chi connectivity index (χ4v) is 4.41. The van der Waals surface area contributed by atoms with E-state index in [1.54, 1.807) is 23.4 Å². The van der Waals surface area contributed by atoms with Crippen molar-refractivity contribution in [3.05, 3.63) is 52.9 Å². The van der Waals surface area contributed by atoms with Crippen molar-refractivity contribution in [1.29, 1.82) is 0 Å². The van der Waals surface area contributed by atoms with Crippen LogP contribution in [-0.2, 0) is 17.9 Å². The van der Waals surface area contributed by atoms with Crippen LogP contribution in [0.1, 0.15) is 19.8 Å². The largest absolute Gasteiger partial charge is 0.497 e. The van der Waals surface area contributed by atoms with Crippen molar-refractivity contribution in [3.63, 3.8) is 0 Å². The summed E-state index contributed by atoms with van der Waals surface area (Å²) in [7, 11) is 3.24. The number of piperidine rings is 1. The maximum absolute atomic E-state index is 13.1. The van der Waals surface area contributed by atoms with Crippen molar-refractivity contribution in [3.8, 4) is 11.5 Å². The van der Waals surface area contributed by atoms with Crippen molar-refractivity contribution < 1.29 is 14.3 Å². The number of aromatic nitrogens is 2. The zero-order valence-electron chi connectivity index (χ0n) is 18.8. The molecule has 0 radical (unpaired) electrons. The quantitative estimate of drug-likeness (QED) is 0.614. The third-order valence-corrected chi connectivity index (χ3v) is 6.03. The van der Waals surface area contributed by atoms with Crippen LogP contribution in [0.5, 0.6) is 11.5 Å². The van der Waals surface area contributed by atoms with Gasteiger partial charge in [0.1, 0.15) is 18.0 Å². The zero-order chi connectivity index (χ0) is 22.7. The Bertz CT molecular complexity index is 1140. The molecule has 32 heavy (non-hydrogen) atoms. The second kappa shape index (κ2) is 9.38. The number of nitrogens with zero attached hydrogens (tertiary/aromatic N) is 3. The number of hydrogen-bond donors (Lipinski definition) is 1. The molecule has 2 aromatic carbocycles. The van der Waals surface area contributed by atoms with Gasteiger partial charge in [0.2, 0.25) is 5.91 Å². The molecule has 4 rings (SSSR count). The van der Waals surface area contributed by atoms with Gasteiger partial charge in [0.05, 0.1) is 25.3 Å². The van der Waals surface area contributed by atoms with Gasteiger partial charge in [-0.05, 0) is 31.9 Å². The standard InChI is InChI=1S/C24H30N4O4/c1-4-27-21-9-5-6-10-22(21)28(24(27)30)16-23(29)26-11-7-8-17(15-26)25-18-12-19(31-2)14-20(13-18)32-3/h5-6,9-10,12-14,17,25H,4,7-8,11,15-16H2,1-3H3/t17-/m1/s1. The minimum atomic E-state index is -0.141. The lowest BCUT2D eigenvalue weighted by Crippen LogP contribution is -2.47. The number of hydrogen-bond acceptors (Lipinski definition) is 5. The molecule has 1 saturated heterocycles. The number of fused-ring (bicyclic) bond motifs is 1. The summed E-state index contributed by atoms with van der Waals surface area (Å²) in [6.07, 6.45) is 1.86. The Balaban J connectivity index is 1.49. The molecule has 1 N–H and O–H groups in total. The molecule has 0 saturated carbocycles. The van der Waals surface area contributed by atoms with Crippen LogP contribution >= 0.6 is 0 Å². The Kier molecular flexibility index (Phi) is 6.39. The Morgan fingerprint density at radius 1 is 1.06 bits per heavy atom. The highest BCUT2D eigenvalue weighted by atomic mass is 16.5. The molecule has 1 fully saturated rings. The molecule has 0 aliphatic carbocycles. The van der Waals surface area contributed by atoms with Crippen LogP contribution in [0.15, 0.2) is 47.3 Å². The first-order chi connectivity index (χ1) is 15.5. The summed E-state index contributed by atoms with van der Waals surface area (Å²) in [4.78, 5) is 27.9. The molecule has 3 aromatic rings. The van der Waals surface area contributed by atoms with Gasteiger partial charge in [-0.15, -0.1) is 0 Å². The van der Waals surface area contributed by atoms with Crippen LogP contribution < -0.4 is 20.5 Å². The predicted molar refractivity (Wildman–Crippen MR) is 125 cm³/mol. The Labute approximate surface area is 187 Å². The summed E-state index contributed by atoms with van der Waals surface area (Å²) < 4.78 is 14.0. The van der Waals surface area contributed by atoms with E-state index in [0.29, 0.717) is 31.1 Å². The number of carbonyl (C=O) groups excluding carboxylic acids is 1. The smallest absolute Gasteiger partial charge is 0.329 e.